The van der Waals surface area contributed by atoms with Crippen molar-refractivity contribution < 1.29 is 4.43 Å². The van der Waals surface area contributed by atoms with Crippen LogP contribution in [-0.4, -0.2) is 20.8 Å². The molecule has 0 N–H and O–H groups in total. The molecule has 0 heterocycles. The molecule has 0 radical (unpaired) electrons. The minimum Gasteiger partial charge on any atom is -0.416 e. The van der Waals surface area contributed by atoms with Crippen LogP contribution in [0.2, 0.25) is 17.1 Å². The molecule has 3 heteroatoms. The Bertz CT molecular complexity index is 150. The fourth-order valence-corrected chi connectivity index (χ4v) is 6.16. The molecule has 0 amide bonds. The quantitative estimate of drug-likeness (QED) is 0.377. The van der Waals surface area contributed by atoms with Crippen molar-refractivity contribution in [3.05, 3.63) is 0 Å². The average molecular weight is 237 g/mol. The molecule has 86 valence electrons. The van der Waals surface area contributed by atoms with Gasteiger partial charge in [-0.3, -0.25) is 0 Å². The number of alkyl halides is 1. The van der Waals surface area contributed by atoms with Gasteiger partial charge in [0.2, 0.25) is 0 Å². The van der Waals surface area contributed by atoms with Crippen LogP contribution in [0.5, 0.6) is 0 Å². The molecule has 0 unspecified atom stereocenters. The van der Waals surface area contributed by atoms with E-state index in [0.717, 1.165) is 13.0 Å². The number of hydrogen-bond acceptors (Lipinski definition) is 1. The lowest BCUT2D eigenvalue weighted by atomic mass is 10.2. The predicted molar refractivity (Wildman–Crippen MR) is 67.7 cm³/mol. The lowest BCUT2D eigenvalue weighted by Gasteiger charge is -2.41. The highest BCUT2D eigenvalue weighted by atomic mass is 35.5. The van der Waals surface area contributed by atoms with Gasteiger partial charge in [-0.15, -0.1) is 11.6 Å². The number of hydrogen-bond donors (Lipinski definition) is 0. The van der Waals surface area contributed by atoms with Crippen molar-refractivity contribution in [2.45, 2.75) is 58.2 Å². The third-order valence-electron chi connectivity index (χ3n) is 3.17. The van der Waals surface area contributed by atoms with E-state index in [4.69, 9.17) is 16.0 Å². The molecule has 0 aromatic heterocycles. The highest BCUT2D eigenvalue weighted by Crippen LogP contribution is 2.42. The van der Waals surface area contributed by atoms with Gasteiger partial charge in [-0.2, -0.15) is 0 Å². The minimum absolute atomic E-state index is 0.336. The summed E-state index contributed by atoms with van der Waals surface area (Å²) in [5, 5.41) is 0.336. The molecule has 0 atom stereocenters. The van der Waals surface area contributed by atoms with Crippen molar-refractivity contribution in [2.75, 3.05) is 12.5 Å². The molecule has 0 aliphatic heterocycles. The Hall–Kier alpha value is 0.467. The van der Waals surface area contributed by atoms with Gasteiger partial charge in [-0.25, -0.2) is 0 Å². The van der Waals surface area contributed by atoms with Crippen molar-refractivity contribution >= 4 is 19.9 Å². The Morgan fingerprint density at radius 3 is 1.93 bits per heavy atom. The summed E-state index contributed by atoms with van der Waals surface area (Å²) in [6, 6.07) is 2.41. The molecule has 0 aromatic carbocycles. The van der Waals surface area contributed by atoms with Gasteiger partial charge in [-0.1, -0.05) is 34.6 Å². The molecule has 1 nitrogen and oxygen atoms in total. The summed E-state index contributed by atoms with van der Waals surface area (Å²) in [5.74, 6) is 0.710. The maximum Gasteiger partial charge on any atom is 0.197 e. The van der Waals surface area contributed by atoms with E-state index in [-0.39, 0.29) is 0 Å². The van der Waals surface area contributed by atoms with Crippen LogP contribution in [0.4, 0.5) is 0 Å². The normalized spacial score (nSPS) is 13.3. The minimum atomic E-state index is -1.54. The second-order valence-corrected chi connectivity index (χ2v) is 10.4. The SMILES string of the molecule is CC[Si](CC)(OCCCCl)C(C)(C)C. The zero-order chi connectivity index (χ0) is 11.2. The van der Waals surface area contributed by atoms with Crippen molar-refractivity contribution in [2.24, 2.45) is 0 Å². The lowest BCUT2D eigenvalue weighted by molar-refractivity contribution is 0.279. The van der Waals surface area contributed by atoms with E-state index in [0.29, 0.717) is 10.9 Å². The molecule has 0 fully saturated rings. The highest BCUT2D eigenvalue weighted by Gasteiger charge is 2.43. The first-order chi connectivity index (χ1) is 6.43. The Balaban J connectivity index is 4.39. The van der Waals surface area contributed by atoms with Crippen molar-refractivity contribution in [1.82, 2.24) is 0 Å². The summed E-state index contributed by atoms with van der Waals surface area (Å²) in [5.41, 5.74) is 0. The van der Waals surface area contributed by atoms with E-state index in [9.17, 15) is 0 Å². The summed E-state index contributed by atoms with van der Waals surface area (Å²) in [7, 11) is -1.54. The Labute approximate surface area is 95.3 Å². The monoisotopic (exact) mass is 236 g/mol. The lowest BCUT2D eigenvalue weighted by Crippen LogP contribution is -2.46. The summed E-state index contributed by atoms with van der Waals surface area (Å²) in [4.78, 5) is 0. The zero-order valence-corrected chi connectivity index (χ0v) is 12.1. The van der Waals surface area contributed by atoms with Gasteiger partial charge < -0.3 is 4.43 Å². The van der Waals surface area contributed by atoms with Gasteiger partial charge in [0.1, 0.15) is 0 Å². The van der Waals surface area contributed by atoms with Crippen LogP contribution in [0.25, 0.3) is 0 Å². The summed E-state index contributed by atoms with van der Waals surface area (Å²) in [6.45, 7) is 12.3. The summed E-state index contributed by atoms with van der Waals surface area (Å²) < 4.78 is 6.19. The third-order valence-corrected chi connectivity index (χ3v) is 9.21. The van der Waals surface area contributed by atoms with Gasteiger partial charge in [0, 0.05) is 12.5 Å². The molecule has 0 spiro atoms. The molecule has 0 bridgehead atoms. The van der Waals surface area contributed by atoms with E-state index < -0.39 is 8.32 Å². The Morgan fingerprint density at radius 1 is 1.14 bits per heavy atom. The largest absolute Gasteiger partial charge is 0.416 e. The smallest absolute Gasteiger partial charge is 0.197 e. The summed E-state index contributed by atoms with van der Waals surface area (Å²) in [6.07, 6.45) is 0.979. The van der Waals surface area contributed by atoms with E-state index in [1.807, 2.05) is 0 Å². The zero-order valence-electron chi connectivity index (χ0n) is 10.3. The first kappa shape index (κ1) is 14.5. The third kappa shape index (κ3) is 3.56. The van der Waals surface area contributed by atoms with Gasteiger partial charge in [0.25, 0.3) is 0 Å². The Morgan fingerprint density at radius 2 is 1.64 bits per heavy atom. The molecule has 0 saturated carbocycles. The van der Waals surface area contributed by atoms with E-state index in [1.165, 1.54) is 12.1 Å². The predicted octanol–water partition coefficient (Wildman–Crippen LogP) is 4.42. The van der Waals surface area contributed by atoms with Crippen molar-refractivity contribution in [1.29, 1.82) is 0 Å². The van der Waals surface area contributed by atoms with Crippen molar-refractivity contribution in [3.8, 4) is 0 Å². The van der Waals surface area contributed by atoms with Crippen molar-refractivity contribution in [3.63, 3.8) is 0 Å². The molecule has 0 aromatic rings. The molecule has 0 saturated heterocycles. The molecule has 0 rings (SSSR count). The maximum atomic E-state index is 6.19. The van der Waals surface area contributed by atoms with Gasteiger partial charge in [0.05, 0.1) is 0 Å². The molecule has 0 aliphatic rings. The molecule has 0 aliphatic carbocycles. The maximum absolute atomic E-state index is 6.19. The van der Waals surface area contributed by atoms with Gasteiger partial charge in [-0.05, 0) is 23.5 Å². The number of rotatable bonds is 6. The topological polar surface area (TPSA) is 9.23 Å². The van der Waals surface area contributed by atoms with E-state index in [1.54, 1.807) is 0 Å². The first-order valence-electron chi connectivity index (χ1n) is 5.63. The van der Waals surface area contributed by atoms with Crippen LogP contribution >= 0.6 is 11.6 Å². The van der Waals surface area contributed by atoms with Crippen LogP contribution in [0, 0.1) is 0 Å². The van der Waals surface area contributed by atoms with Crippen LogP contribution in [0.3, 0.4) is 0 Å². The molecular weight excluding hydrogens is 212 g/mol. The van der Waals surface area contributed by atoms with Crippen LogP contribution in [0.15, 0.2) is 0 Å². The van der Waals surface area contributed by atoms with Crippen LogP contribution < -0.4 is 0 Å². The average Bonchev–Trinajstić information content (AvgIpc) is 2.11. The van der Waals surface area contributed by atoms with Crippen LogP contribution in [0.1, 0.15) is 41.0 Å². The fraction of sp³-hybridized carbons (Fsp3) is 1.00. The fourth-order valence-electron chi connectivity index (χ4n) is 2.05. The Kier molecular flexibility index (Phi) is 6.34. The second kappa shape index (κ2) is 6.14. The van der Waals surface area contributed by atoms with E-state index in [2.05, 4.69) is 34.6 Å². The standard InChI is InChI=1S/C11H25ClOSi/c1-6-14(7-2,11(3,4)5)13-10-8-9-12/h6-10H2,1-5H3. The summed E-state index contributed by atoms with van der Waals surface area (Å²) >= 11 is 5.67. The van der Waals surface area contributed by atoms with Crippen LogP contribution in [-0.2, 0) is 4.43 Å². The van der Waals surface area contributed by atoms with Gasteiger partial charge >= 0.3 is 0 Å². The number of halogens is 1. The molecule has 14 heavy (non-hydrogen) atoms. The highest BCUT2D eigenvalue weighted by molar-refractivity contribution is 6.76. The first-order valence-corrected chi connectivity index (χ1v) is 8.49. The van der Waals surface area contributed by atoms with E-state index >= 15 is 0 Å². The van der Waals surface area contributed by atoms with Gasteiger partial charge in [0.15, 0.2) is 8.32 Å². The molecular formula is C11H25ClOSi. The second-order valence-electron chi connectivity index (χ2n) is 4.84.